The van der Waals surface area contributed by atoms with E-state index in [-0.39, 0.29) is 0 Å². The minimum absolute atomic E-state index is 0.772. The fourth-order valence-corrected chi connectivity index (χ4v) is 2.76. The molecule has 18 heavy (non-hydrogen) atoms. The van der Waals surface area contributed by atoms with Gasteiger partial charge in [0, 0.05) is 24.6 Å². The van der Waals surface area contributed by atoms with Gasteiger partial charge < -0.3 is 5.32 Å². The zero-order valence-electron chi connectivity index (χ0n) is 10.5. The Balaban J connectivity index is 1.64. The second kappa shape index (κ2) is 5.16. The van der Waals surface area contributed by atoms with Gasteiger partial charge in [-0.2, -0.15) is 0 Å². The quantitative estimate of drug-likeness (QED) is 0.897. The Labute approximate surface area is 111 Å². The highest BCUT2D eigenvalue weighted by Gasteiger charge is 2.19. The molecule has 1 aliphatic rings. The number of benzene rings is 1. The fraction of sp³-hybridized carbons (Fsp3) is 0.429. The van der Waals surface area contributed by atoms with Crippen LogP contribution in [-0.2, 0) is 6.42 Å². The zero-order valence-corrected chi connectivity index (χ0v) is 11.3. The summed E-state index contributed by atoms with van der Waals surface area (Å²) >= 11 is 1.70. The lowest BCUT2D eigenvalue weighted by Crippen LogP contribution is -2.19. The maximum atomic E-state index is 4.28. The molecule has 1 aromatic carbocycles. The molecule has 0 atom stereocenters. The molecular weight excluding hydrogens is 242 g/mol. The van der Waals surface area contributed by atoms with E-state index in [4.69, 9.17) is 0 Å². The van der Waals surface area contributed by atoms with Crippen LogP contribution in [0.5, 0.6) is 0 Å². The minimum atomic E-state index is 0.772. The van der Waals surface area contributed by atoms with Crippen LogP contribution >= 0.6 is 11.3 Å². The van der Waals surface area contributed by atoms with E-state index in [9.17, 15) is 0 Å². The standard InChI is InChI=1S/C14H17N3S/c1-10-3-2-4-11(9-10)14-17-16-13(18-14)7-8-15-12-5-6-12/h2-4,9,12,15H,5-8H2,1H3. The van der Waals surface area contributed by atoms with E-state index in [1.54, 1.807) is 11.3 Å². The normalized spacial score (nSPS) is 14.9. The summed E-state index contributed by atoms with van der Waals surface area (Å²) in [6.45, 7) is 3.12. The number of nitrogens with zero attached hydrogens (tertiary/aromatic N) is 2. The number of hydrogen-bond acceptors (Lipinski definition) is 4. The van der Waals surface area contributed by atoms with Crippen molar-refractivity contribution in [1.82, 2.24) is 15.5 Å². The molecule has 0 aliphatic heterocycles. The average molecular weight is 259 g/mol. The largest absolute Gasteiger partial charge is 0.314 e. The van der Waals surface area contributed by atoms with Crippen LogP contribution in [0.4, 0.5) is 0 Å². The summed E-state index contributed by atoms with van der Waals surface area (Å²) in [5.41, 5.74) is 2.44. The molecule has 1 heterocycles. The van der Waals surface area contributed by atoms with Gasteiger partial charge in [-0.1, -0.05) is 35.1 Å². The Bertz CT molecular complexity index is 531. The molecule has 4 heteroatoms. The first-order valence-corrected chi connectivity index (χ1v) is 7.26. The molecule has 1 aromatic heterocycles. The van der Waals surface area contributed by atoms with Gasteiger partial charge in [-0.05, 0) is 25.8 Å². The van der Waals surface area contributed by atoms with E-state index >= 15 is 0 Å². The minimum Gasteiger partial charge on any atom is -0.314 e. The van der Waals surface area contributed by atoms with Gasteiger partial charge in [-0.3, -0.25) is 0 Å². The molecule has 94 valence electrons. The highest BCUT2D eigenvalue weighted by molar-refractivity contribution is 7.14. The fourth-order valence-electron chi connectivity index (χ4n) is 1.92. The molecule has 1 fully saturated rings. The van der Waals surface area contributed by atoms with Crippen molar-refractivity contribution in [2.24, 2.45) is 0 Å². The van der Waals surface area contributed by atoms with Gasteiger partial charge in [0.25, 0.3) is 0 Å². The van der Waals surface area contributed by atoms with Gasteiger partial charge in [0.05, 0.1) is 0 Å². The van der Waals surface area contributed by atoms with Crippen LogP contribution in [0.25, 0.3) is 10.6 Å². The SMILES string of the molecule is Cc1cccc(-c2nnc(CCNC3CC3)s2)c1. The van der Waals surface area contributed by atoms with Crippen LogP contribution in [0.15, 0.2) is 24.3 Å². The lowest BCUT2D eigenvalue weighted by atomic mass is 10.1. The predicted octanol–water partition coefficient (Wildman–Crippen LogP) is 2.81. The summed E-state index contributed by atoms with van der Waals surface area (Å²) in [6.07, 6.45) is 3.66. The summed E-state index contributed by atoms with van der Waals surface area (Å²) in [7, 11) is 0. The molecule has 2 aromatic rings. The van der Waals surface area contributed by atoms with E-state index in [0.29, 0.717) is 0 Å². The van der Waals surface area contributed by atoms with Crippen molar-refractivity contribution in [2.45, 2.75) is 32.2 Å². The topological polar surface area (TPSA) is 37.8 Å². The van der Waals surface area contributed by atoms with Crippen molar-refractivity contribution in [2.75, 3.05) is 6.54 Å². The maximum Gasteiger partial charge on any atom is 0.147 e. The number of rotatable bonds is 5. The zero-order chi connectivity index (χ0) is 12.4. The lowest BCUT2D eigenvalue weighted by Gasteiger charge is -1.98. The van der Waals surface area contributed by atoms with Crippen molar-refractivity contribution in [3.05, 3.63) is 34.8 Å². The van der Waals surface area contributed by atoms with Crippen LogP contribution < -0.4 is 5.32 Å². The van der Waals surface area contributed by atoms with Gasteiger partial charge >= 0.3 is 0 Å². The molecule has 0 saturated heterocycles. The molecular formula is C14H17N3S. The number of aryl methyl sites for hydroxylation is 1. The first-order chi connectivity index (χ1) is 8.81. The van der Waals surface area contributed by atoms with Gasteiger partial charge in [0.2, 0.25) is 0 Å². The molecule has 0 unspecified atom stereocenters. The Morgan fingerprint density at radius 2 is 2.22 bits per heavy atom. The van der Waals surface area contributed by atoms with E-state index in [1.807, 2.05) is 0 Å². The van der Waals surface area contributed by atoms with Gasteiger partial charge in [-0.15, -0.1) is 10.2 Å². The second-order valence-corrected chi connectivity index (χ2v) is 5.91. The van der Waals surface area contributed by atoms with Crippen LogP contribution in [0.1, 0.15) is 23.4 Å². The summed E-state index contributed by atoms with van der Waals surface area (Å²) < 4.78 is 0. The van der Waals surface area contributed by atoms with Gasteiger partial charge in [0.15, 0.2) is 0 Å². The molecule has 0 spiro atoms. The molecule has 1 N–H and O–H groups in total. The lowest BCUT2D eigenvalue weighted by molar-refractivity contribution is 0.677. The van der Waals surface area contributed by atoms with Crippen molar-refractivity contribution < 1.29 is 0 Å². The Morgan fingerprint density at radius 3 is 3.00 bits per heavy atom. The van der Waals surface area contributed by atoms with E-state index in [0.717, 1.165) is 29.0 Å². The molecule has 1 aliphatic carbocycles. The smallest absolute Gasteiger partial charge is 0.147 e. The summed E-state index contributed by atoms with van der Waals surface area (Å²) in [4.78, 5) is 0. The van der Waals surface area contributed by atoms with Crippen molar-refractivity contribution in [1.29, 1.82) is 0 Å². The van der Waals surface area contributed by atoms with Crippen molar-refractivity contribution in [3.8, 4) is 10.6 Å². The van der Waals surface area contributed by atoms with Crippen LogP contribution in [-0.4, -0.2) is 22.8 Å². The predicted molar refractivity (Wildman–Crippen MR) is 74.8 cm³/mol. The first-order valence-electron chi connectivity index (χ1n) is 6.44. The van der Waals surface area contributed by atoms with Gasteiger partial charge in [-0.25, -0.2) is 0 Å². The van der Waals surface area contributed by atoms with Crippen LogP contribution in [0.3, 0.4) is 0 Å². The molecule has 0 bridgehead atoms. The van der Waals surface area contributed by atoms with Gasteiger partial charge in [0.1, 0.15) is 10.0 Å². The Hall–Kier alpha value is -1.26. The molecule has 3 rings (SSSR count). The van der Waals surface area contributed by atoms with Crippen LogP contribution in [0, 0.1) is 6.92 Å². The van der Waals surface area contributed by atoms with E-state index in [1.165, 1.54) is 24.0 Å². The summed E-state index contributed by atoms with van der Waals surface area (Å²) in [5.74, 6) is 0. The molecule has 1 saturated carbocycles. The number of hydrogen-bond donors (Lipinski definition) is 1. The highest BCUT2D eigenvalue weighted by atomic mass is 32.1. The summed E-state index contributed by atoms with van der Waals surface area (Å²) in [5, 5.41) is 14.2. The highest BCUT2D eigenvalue weighted by Crippen LogP contribution is 2.24. The summed E-state index contributed by atoms with van der Waals surface area (Å²) in [6, 6.07) is 9.20. The van der Waals surface area contributed by atoms with Crippen LogP contribution in [0.2, 0.25) is 0 Å². The van der Waals surface area contributed by atoms with E-state index < -0.39 is 0 Å². The van der Waals surface area contributed by atoms with E-state index in [2.05, 4.69) is 46.7 Å². The maximum absolute atomic E-state index is 4.28. The van der Waals surface area contributed by atoms with Crippen molar-refractivity contribution in [3.63, 3.8) is 0 Å². The third kappa shape index (κ3) is 2.94. The first kappa shape index (κ1) is 11.8. The third-order valence-electron chi connectivity index (χ3n) is 3.08. The molecule has 3 nitrogen and oxygen atoms in total. The Morgan fingerprint density at radius 1 is 1.33 bits per heavy atom. The Kier molecular flexibility index (Phi) is 3.39. The number of nitrogens with one attached hydrogen (secondary N) is 1. The second-order valence-electron chi connectivity index (χ2n) is 4.85. The molecule has 0 radical (unpaired) electrons. The third-order valence-corrected chi connectivity index (χ3v) is 4.11. The molecule has 0 amide bonds. The number of aromatic nitrogens is 2. The van der Waals surface area contributed by atoms with Crippen molar-refractivity contribution >= 4 is 11.3 Å². The monoisotopic (exact) mass is 259 g/mol. The average Bonchev–Trinajstić information content (AvgIpc) is 3.06.